The minimum Gasteiger partial charge on any atom is -0.308 e. The van der Waals surface area contributed by atoms with E-state index in [1.54, 1.807) is 0 Å². The summed E-state index contributed by atoms with van der Waals surface area (Å²) >= 11 is 7.95. The lowest BCUT2D eigenvalue weighted by molar-refractivity contribution is 0.395. The lowest BCUT2D eigenvalue weighted by Crippen LogP contribution is -2.33. The fourth-order valence-corrected chi connectivity index (χ4v) is 3.28. The highest BCUT2D eigenvalue weighted by Gasteiger charge is 2.24. The SMILES string of the molecule is CC(C)(C#N)CNC1CCSc2ccc(Cl)cc21. The molecule has 2 nitrogen and oxygen atoms in total. The van der Waals surface area contributed by atoms with Crippen molar-refractivity contribution in [1.82, 2.24) is 5.32 Å². The van der Waals surface area contributed by atoms with Gasteiger partial charge in [-0.2, -0.15) is 5.26 Å². The molecule has 2 rings (SSSR count). The number of rotatable bonds is 3. The lowest BCUT2D eigenvalue weighted by atomic mass is 9.94. The maximum Gasteiger partial charge on any atom is 0.0697 e. The fourth-order valence-electron chi connectivity index (χ4n) is 2.00. The molecule has 1 unspecified atom stereocenters. The summed E-state index contributed by atoms with van der Waals surface area (Å²) in [6.07, 6.45) is 1.08. The highest BCUT2D eigenvalue weighted by Crippen LogP contribution is 2.37. The van der Waals surface area contributed by atoms with E-state index in [1.807, 2.05) is 37.7 Å². The van der Waals surface area contributed by atoms with Gasteiger partial charge in [0.15, 0.2) is 0 Å². The summed E-state index contributed by atoms with van der Waals surface area (Å²) in [4.78, 5) is 1.30. The molecule has 96 valence electrons. The van der Waals surface area contributed by atoms with Crippen LogP contribution < -0.4 is 5.32 Å². The Labute approximate surface area is 118 Å². The van der Waals surface area contributed by atoms with E-state index in [1.165, 1.54) is 10.5 Å². The van der Waals surface area contributed by atoms with Gasteiger partial charge >= 0.3 is 0 Å². The Bertz CT molecular complexity index is 479. The summed E-state index contributed by atoms with van der Waals surface area (Å²) in [5.74, 6) is 1.11. The molecule has 0 saturated carbocycles. The van der Waals surface area contributed by atoms with Crippen LogP contribution >= 0.6 is 23.4 Å². The fraction of sp³-hybridized carbons (Fsp3) is 0.500. The Kier molecular flexibility index (Phi) is 4.21. The van der Waals surface area contributed by atoms with Gasteiger partial charge in [-0.25, -0.2) is 0 Å². The number of fused-ring (bicyclic) bond motifs is 1. The monoisotopic (exact) mass is 280 g/mol. The third kappa shape index (κ3) is 3.20. The summed E-state index contributed by atoms with van der Waals surface area (Å²) in [7, 11) is 0. The van der Waals surface area contributed by atoms with E-state index >= 15 is 0 Å². The van der Waals surface area contributed by atoms with Crippen LogP contribution in [-0.4, -0.2) is 12.3 Å². The van der Waals surface area contributed by atoms with Crippen molar-refractivity contribution in [3.63, 3.8) is 0 Å². The topological polar surface area (TPSA) is 35.8 Å². The maximum atomic E-state index is 9.05. The van der Waals surface area contributed by atoms with E-state index in [0.717, 1.165) is 17.2 Å². The number of nitrogens with one attached hydrogen (secondary N) is 1. The largest absolute Gasteiger partial charge is 0.308 e. The van der Waals surface area contributed by atoms with Crippen molar-refractivity contribution < 1.29 is 0 Å². The van der Waals surface area contributed by atoms with Gasteiger partial charge in [0.1, 0.15) is 0 Å². The zero-order valence-corrected chi connectivity index (χ0v) is 12.2. The van der Waals surface area contributed by atoms with Gasteiger partial charge in [-0.3, -0.25) is 0 Å². The molecule has 1 atom stereocenters. The number of hydrogen-bond acceptors (Lipinski definition) is 3. The molecule has 1 aliphatic heterocycles. The third-order valence-corrected chi connectivity index (χ3v) is 4.46. The molecule has 0 spiro atoms. The first-order valence-corrected chi connectivity index (χ1v) is 7.45. The zero-order valence-electron chi connectivity index (χ0n) is 10.7. The van der Waals surface area contributed by atoms with Gasteiger partial charge in [0, 0.05) is 22.5 Å². The van der Waals surface area contributed by atoms with Crippen LogP contribution in [0.25, 0.3) is 0 Å². The molecular weight excluding hydrogens is 264 g/mol. The van der Waals surface area contributed by atoms with Crippen molar-refractivity contribution in [3.8, 4) is 6.07 Å². The molecule has 1 aromatic carbocycles. The Hall–Kier alpha value is -0.690. The van der Waals surface area contributed by atoms with Crippen molar-refractivity contribution in [2.45, 2.75) is 31.2 Å². The second-order valence-corrected chi connectivity index (χ2v) is 6.82. The van der Waals surface area contributed by atoms with Gasteiger partial charge in [0.25, 0.3) is 0 Å². The Morgan fingerprint density at radius 3 is 3.06 bits per heavy atom. The Balaban J connectivity index is 2.13. The molecule has 0 fully saturated rings. The van der Waals surface area contributed by atoms with Crippen molar-refractivity contribution in [1.29, 1.82) is 5.26 Å². The van der Waals surface area contributed by atoms with Gasteiger partial charge in [0.2, 0.25) is 0 Å². The second-order valence-electron chi connectivity index (χ2n) is 5.25. The molecule has 0 aliphatic carbocycles. The van der Waals surface area contributed by atoms with Gasteiger partial charge in [-0.1, -0.05) is 11.6 Å². The molecule has 0 aromatic heterocycles. The smallest absolute Gasteiger partial charge is 0.0697 e. The van der Waals surface area contributed by atoms with Crippen LogP contribution in [0.3, 0.4) is 0 Å². The molecule has 0 amide bonds. The van der Waals surface area contributed by atoms with Crippen molar-refractivity contribution in [2.24, 2.45) is 5.41 Å². The highest BCUT2D eigenvalue weighted by molar-refractivity contribution is 7.99. The van der Waals surface area contributed by atoms with Crippen LogP contribution in [0.2, 0.25) is 5.02 Å². The lowest BCUT2D eigenvalue weighted by Gasteiger charge is -2.28. The number of nitriles is 1. The Morgan fingerprint density at radius 2 is 2.33 bits per heavy atom. The molecule has 0 bridgehead atoms. The molecule has 0 radical (unpaired) electrons. The van der Waals surface area contributed by atoms with E-state index in [4.69, 9.17) is 16.9 Å². The maximum absolute atomic E-state index is 9.05. The third-order valence-electron chi connectivity index (χ3n) is 3.10. The van der Waals surface area contributed by atoms with Crippen LogP contribution in [-0.2, 0) is 0 Å². The zero-order chi connectivity index (χ0) is 13.2. The van der Waals surface area contributed by atoms with Gasteiger partial charge in [-0.15, -0.1) is 11.8 Å². The van der Waals surface area contributed by atoms with Crippen molar-refractivity contribution in [3.05, 3.63) is 28.8 Å². The average Bonchev–Trinajstić information content (AvgIpc) is 2.36. The second kappa shape index (κ2) is 5.52. The molecule has 0 saturated heterocycles. The van der Waals surface area contributed by atoms with Gasteiger partial charge < -0.3 is 5.32 Å². The highest BCUT2D eigenvalue weighted by atomic mass is 35.5. The normalized spacial score (nSPS) is 19.1. The van der Waals surface area contributed by atoms with Crippen LogP contribution in [0.4, 0.5) is 0 Å². The molecule has 1 aliphatic rings. The summed E-state index contributed by atoms with van der Waals surface area (Å²) < 4.78 is 0. The molecule has 1 heterocycles. The number of hydrogen-bond donors (Lipinski definition) is 1. The number of halogens is 1. The molecule has 1 aromatic rings. The van der Waals surface area contributed by atoms with Gasteiger partial charge in [-0.05, 0) is 49.8 Å². The van der Waals surface area contributed by atoms with E-state index in [-0.39, 0.29) is 5.41 Å². The van der Waals surface area contributed by atoms with Gasteiger partial charge in [0.05, 0.1) is 11.5 Å². The first-order chi connectivity index (χ1) is 8.52. The quantitative estimate of drug-likeness (QED) is 0.908. The molecule has 18 heavy (non-hydrogen) atoms. The minimum absolute atomic E-state index is 0.313. The average molecular weight is 281 g/mol. The molecule has 4 heteroatoms. The van der Waals surface area contributed by atoms with Crippen molar-refractivity contribution in [2.75, 3.05) is 12.3 Å². The first kappa shape index (κ1) is 13.7. The van der Waals surface area contributed by atoms with E-state index in [9.17, 15) is 0 Å². The number of nitrogens with zero attached hydrogens (tertiary/aromatic N) is 1. The molecule has 1 N–H and O–H groups in total. The summed E-state index contributed by atoms with van der Waals surface area (Å²) in [6.45, 7) is 4.61. The predicted molar refractivity (Wildman–Crippen MR) is 76.9 cm³/mol. The van der Waals surface area contributed by atoms with E-state index < -0.39 is 0 Å². The van der Waals surface area contributed by atoms with E-state index in [2.05, 4.69) is 17.5 Å². The standard InChI is InChI=1S/C14H17ClN2S/c1-14(2,8-16)9-17-12-5-6-18-13-4-3-10(15)7-11(12)13/h3-4,7,12,17H,5-6,9H2,1-2H3. The van der Waals surface area contributed by atoms with Crippen LogP contribution in [0.15, 0.2) is 23.1 Å². The summed E-state index contributed by atoms with van der Waals surface area (Å²) in [6, 6.07) is 8.71. The number of benzene rings is 1. The summed E-state index contributed by atoms with van der Waals surface area (Å²) in [5, 5.41) is 13.3. The first-order valence-electron chi connectivity index (χ1n) is 6.09. The van der Waals surface area contributed by atoms with Crippen LogP contribution in [0, 0.1) is 16.7 Å². The number of thioether (sulfide) groups is 1. The minimum atomic E-state index is -0.330. The predicted octanol–water partition coefficient (Wildman–Crippen LogP) is 4.02. The summed E-state index contributed by atoms with van der Waals surface area (Å²) in [5.41, 5.74) is 0.941. The van der Waals surface area contributed by atoms with Crippen LogP contribution in [0.1, 0.15) is 31.9 Å². The van der Waals surface area contributed by atoms with Crippen LogP contribution in [0.5, 0.6) is 0 Å². The van der Waals surface area contributed by atoms with E-state index in [0.29, 0.717) is 12.6 Å². The Morgan fingerprint density at radius 1 is 1.56 bits per heavy atom. The molecular formula is C14H17ClN2S. The van der Waals surface area contributed by atoms with Crippen molar-refractivity contribution >= 4 is 23.4 Å².